The largest absolute Gasteiger partial charge is 0.306 e. The molecule has 0 heterocycles. The molecule has 1 aliphatic rings. The minimum Gasteiger partial charge on any atom is -0.306 e. The first-order valence-corrected chi connectivity index (χ1v) is 9.45. The van der Waals surface area contributed by atoms with Gasteiger partial charge in [-0.2, -0.15) is 18.6 Å². The van der Waals surface area contributed by atoms with Crippen LogP contribution in [0, 0.1) is 5.41 Å². The van der Waals surface area contributed by atoms with Gasteiger partial charge in [0.05, 0.1) is 22.8 Å². The highest BCUT2D eigenvalue weighted by molar-refractivity contribution is 7.86. The van der Waals surface area contributed by atoms with Crippen LogP contribution in [0.4, 0.5) is 11.4 Å². The molecule has 0 radical (unpaired) electrons. The zero-order valence-electron chi connectivity index (χ0n) is 14.8. The molecule has 0 saturated heterocycles. The standard InChI is InChI=1S/C18H19N5O3S/c1-3-14(9-8-13(2)19)20-23-17-11-10-16(12-18(17)27(24,25)26)22-21-15-6-4-5-7-15/h4,6-12,19,23H,3H2,1-2H3,(H,24,25,26). The van der Waals surface area contributed by atoms with Gasteiger partial charge in [0, 0.05) is 11.8 Å². The van der Waals surface area contributed by atoms with Crippen LogP contribution in [0.3, 0.4) is 0 Å². The lowest BCUT2D eigenvalue weighted by Crippen LogP contribution is -2.05. The first-order chi connectivity index (χ1) is 12.8. The van der Waals surface area contributed by atoms with E-state index in [1.54, 1.807) is 43.4 Å². The van der Waals surface area contributed by atoms with E-state index in [0.717, 1.165) is 0 Å². The van der Waals surface area contributed by atoms with E-state index >= 15 is 0 Å². The number of hydrogen-bond donors (Lipinski definition) is 3. The third kappa shape index (κ3) is 6.27. The highest BCUT2D eigenvalue weighted by Gasteiger charge is 2.16. The molecular formula is C18H19N5O3S. The maximum Gasteiger partial charge on any atom is 0.296 e. The van der Waals surface area contributed by atoms with E-state index in [-0.39, 0.29) is 16.3 Å². The first-order valence-electron chi connectivity index (χ1n) is 8.01. The first kappa shape index (κ1) is 20.2. The second kappa shape index (κ2) is 9.00. The van der Waals surface area contributed by atoms with Crippen molar-refractivity contribution in [3.8, 4) is 0 Å². The maximum absolute atomic E-state index is 11.7. The molecule has 1 aromatic carbocycles. The molecule has 0 amide bonds. The molecule has 2 rings (SSSR count). The summed E-state index contributed by atoms with van der Waals surface area (Å²) in [5, 5.41) is 19.4. The predicted octanol–water partition coefficient (Wildman–Crippen LogP) is 4.40. The lowest BCUT2D eigenvalue weighted by Gasteiger charge is -2.08. The SMILES string of the molecule is CCC(C=CC(C)=N)=NNc1ccc(N=NC2=CC=C=C2)cc1S(=O)(=O)O. The molecule has 8 nitrogen and oxygen atoms in total. The van der Waals surface area contributed by atoms with Gasteiger partial charge in [0.1, 0.15) is 4.90 Å². The third-order valence-corrected chi connectivity index (χ3v) is 4.21. The topological polar surface area (TPSA) is 127 Å². The average molecular weight is 385 g/mol. The summed E-state index contributed by atoms with van der Waals surface area (Å²) in [4.78, 5) is -0.362. The quantitative estimate of drug-likeness (QED) is 0.201. The number of anilines is 1. The van der Waals surface area contributed by atoms with Crippen molar-refractivity contribution in [3.63, 3.8) is 0 Å². The van der Waals surface area contributed by atoms with Crippen LogP contribution < -0.4 is 5.43 Å². The zero-order valence-corrected chi connectivity index (χ0v) is 15.7. The van der Waals surface area contributed by atoms with Gasteiger partial charge in [0.2, 0.25) is 0 Å². The number of rotatable bonds is 8. The number of allylic oxidation sites excluding steroid dienone is 4. The predicted molar refractivity (Wildman–Crippen MR) is 105 cm³/mol. The van der Waals surface area contributed by atoms with Crippen molar-refractivity contribution in [3.05, 3.63) is 60.0 Å². The molecule has 1 aromatic rings. The molecule has 140 valence electrons. The molecular weight excluding hydrogens is 366 g/mol. The Hall–Kier alpha value is -3.13. The Bertz CT molecular complexity index is 1030. The third-order valence-electron chi connectivity index (χ3n) is 3.31. The van der Waals surface area contributed by atoms with Gasteiger partial charge in [-0.15, -0.1) is 10.8 Å². The number of hydrazone groups is 1. The van der Waals surface area contributed by atoms with E-state index in [4.69, 9.17) is 5.41 Å². The summed E-state index contributed by atoms with van der Waals surface area (Å²) in [5.41, 5.74) is 7.39. The number of nitrogens with zero attached hydrogens (tertiary/aromatic N) is 3. The molecule has 0 bridgehead atoms. The molecule has 9 heteroatoms. The van der Waals surface area contributed by atoms with E-state index in [2.05, 4.69) is 26.5 Å². The number of benzene rings is 1. The van der Waals surface area contributed by atoms with E-state index in [9.17, 15) is 13.0 Å². The fraction of sp³-hybridized carbons (Fsp3) is 0.167. The molecule has 1 aliphatic carbocycles. The van der Waals surface area contributed by atoms with Gasteiger partial charge in [-0.05, 0) is 55.8 Å². The summed E-state index contributed by atoms with van der Waals surface area (Å²) in [5.74, 6) is 0. The second-order valence-corrected chi connectivity index (χ2v) is 6.90. The van der Waals surface area contributed by atoms with Gasteiger partial charge >= 0.3 is 0 Å². The summed E-state index contributed by atoms with van der Waals surface area (Å²) in [6.45, 7) is 3.51. The summed E-state index contributed by atoms with van der Waals surface area (Å²) in [6.07, 6.45) is 8.82. The average Bonchev–Trinajstić information content (AvgIpc) is 3.13. The van der Waals surface area contributed by atoms with Crippen LogP contribution >= 0.6 is 0 Å². The smallest absolute Gasteiger partial charge is 0.296 e. The van der Waals surface area contributed by atoms with E-state index < -0.39 is 10.1 Å². The van der Waals surface area contributed by atoms with Gasteiger partial charge in [-0.25, -0.2) is 0 Å². The minimum absolute atomic E-state index is 0.101. The Morgan fingerprint density at radius 3 is 2.70 bits per heavy atom. The molecule has 0 spiro atoms. The lowest BCUT2D eigenvalue weighted by atomic mass is 10.2. The molecule has 0 saturated carbocycles. The second-order valence-electron chi connectivity index (χ2n) is 5.51. The normalized spacial score (nSPS) is 14.3. The van der Waals surface area contributed by atoms with Crippen molar-refractivity contribution >= 4 is 32.9 Å². The van der Waals surface area contributed by atoms with Gasteiger partial charge in [-0.1, -0.05) is 6.92 Å². The molecule has 0 aliphatic heterocycles. The Labute approximate surface area is 157 Å². The lowest BCUT2D eigenvalue weighted by molar-refractivity contribution is 0.483. The van der Waals surface area contributed by atoms with Gasteiger partial charge in [-0.3, -0.25) is 9.98 Å². The van der Waals surface area contributed by atoms with Gasteiger partial charge in [0.15, 0.2) is 0 Å². The van der Waals surface area contributed by atoms with Crippen LogP contribution in [0.15, 0.2) is 80.2 Å². The van der Waals surface area contributed by atoms with Crippen LogP contribution in [0.5, 0.6) is 0 Å². The Balaban J connectivity index is 2.30. The minimum atomic E-state index is -4.50. The highest BCUT2D eigenvalue weighted by Crippen LogP contribution is 2.27. The Kier molecular flexibility index (Phi) is 6.73. The summed E-state index contributed by atoms with van der Waals surface area (Å²) in [6, 6.07) is 4.19. The van der Waals surface area contributed by atoms with Crippen molar-refractivity contribution < 1.29 is 13.0 Å². The summed E-state index contributed by atoms with van der Waals surface area (Å²) < 4.78 is 32.9. The maximum atomic E-state index is 11.7. The van der Waals surface area contributed by atoms with E-state index in [0.29, 0.717) is 23.5 Å². The summed E-state index contributed by atoms with van der Waals surface area (Å²) >= 11 is 0. The fourth-order valence-corrected chi connectivity index (χ4v) is 2.62. The summed E-state index contributed by atoms with van der Waals surface area (Å²) in [7, 11) is -4.50. The van der Waals surface area contributed by atoms with E-state index in [1.165, 1.54) is 12.1 Å². The van der Waals surface area contributed by atoms with Crippen LogP contribution in [0.25, 0.3) is 0 Å². The molecule has 27 heavy (non-hydrogen) atoms. The molecule has 0 fully saturated rings. The number of azo groups is 1. The fourth-order valence-electron chi connectivity index (χ4n) is 1.96. The Morgan fingerprint density at radius 1 is 1.33 bits per heavy atom. The Morgan fingerprint density at radius 2 is 2.11 bits per heavy atom. The van der Waals surface area contributed by atoms with Crippen LogP contribution in [-0.2, 0) is 10.1 Å². The molecule has 0 aromatic heterocycles. The van der Waals surface area contributed by atoms with Gasteiger partial charge in [0.25, 0.3) is 10.1 Å². The number of hydrogen-bond acceptors (Lipinski definition) is 7. The molecule has 0 atom stereocenters. The zero-order chi connectivity index (χ0) is 19.9. The van der Waals surface area contributed by atoms with Crippen molar-refractivity contribution in [2.24, 2.45) is 15.3 Å². The van der Waals surface area contributed by atoms with Crippen molar-refractivity contribution in [2.75, 3.05) is 5.43 Å². The molecule has 3 N–H and O–H groups in total. The van der Waals surface area contributed by atoms with Gasteiger partial charge < -0.3 is 5.41 Å². The van der Waals surface area contributed by atoms with Crippen molar-refractivity contribution in [2.45, 2.75) is 25.2 Å². The van der Waals surface area contributed by atoms with Crippen molar-refractivity contribution in [1.29, 1.82) is 5.41 Å². The van der Waals surface area contributed by atoms with Crippen LogP contribution in [-0.4, -0.2) is 24.4 Å². The van der Waals surface area contributed by atoms with E-state index in [1.807, 2.05) is 6.92 Å². The molecule has 0 unspecified atom stereocenters. The highest BCUT2D eigenvalue weighted by atomic mass is 32.2. The monoisotopic (exact) mass is 385 g/mol. The van der Waals surface area contributed by atoms with Crippen LogP contribution in [0.1, 0.15) is 20.3 Å². The van der Waals surface area contributed by atoms with Crippen molar-refractivity contribution in [1.82, 2.24) is 0 Å². The van der Waals surface area contributed by atoms with Crippen LogP contribution in [0.2, 0.25) is 0 Å². The number of nitrogens with one attached hydrogen (secondary N) is 2.